The first-order valence-corrected chi connectivity index (χ1v) is 9.56. The van der Waals surface area contributed by atoms with E-state index < -0.39 is 11.9 Å². The SMILES string of the molecule is COC(=O)c1cc(NC(=O)c2cccc(NC3=NCCCN3)c2)ccc1C=CC(=O)O. The number of amides is 1. The van der Waals surface area contributed by atoms with E-state index in [1.54, 1.807) is 24.3 Å². The standard InChI is InChI=1S/C22H22N4O5/c1-31-21(30)18-13-17(8-6-14(18)7-9-19(27)28)25-20(29)15-4-2-5-16(12-15)26-22-23-10-3-11-24-22/h2,4-9,12-13H,3,10-11H2,1H3,(H,25,29)(H,27,28)(H2,23,24,26). The van der Waals surface area contributed by atoms with E-state index in [-0.39, 0.29) is 11.5 Å². The number of esters is 1. The molecule has 0 aliphatic carbocycles. The Morgan fingerprint density at radius 1 is 1.16 bits per heavy atom. The smallest absolute Gasteiger partial charge is 0.338 e. The lowest BCUT2D eigenvalue weighted by atomic mass is 10.1. The Morgan fingerprint density at radius 2 is 2.00 bits per heavy atom. The zero-order valence-corrected chi connectivity index (χ0v) is 16.8. The molecule has 1 aliphatic heterocycles. The number of nitrogens with zero attached hydrogens (tertiary/aromatic N) is 1. The minimum Gasteiger partial charge on any atom is -0.478 e. The molecular weight excluding hydrogens is 400 g/mol. The van der Waals surface area contributed by atoms with Gasteiger partial charge >= 0.3 is 11.9 Å². The minimum absolute atomic E-state index is 0.134. The highest BCUT2D eigenvalue weighted by Gasteiger charge is 2.14. The molecule has 3 rings (SSSR count). The molecular formula is C22H22N4O5. The minimum atomic E-state index is -1.14. The second-order valence-corrected chi connectivity index (χ2v) is 6.64. The fourth-order valence-electron chi connectivity index (χ4n) is 2.92. The average molecular weight is 422 g/mol. The summed E-state index contributed by atoms with van der Waals surface area (Å²) in [6, 6.07) is 11.5. The molecule has 2 aromatic rings. The van der Waals surface area contributed by atoms with Crippen molar-refractivity contribution in [3.05, 3.63) is 65.2 Å². The van der Waals surface area contributed by atoms with Gasteiger partial charge in [-0.25, -0.2) is 9.59 Å². The maximum atomic E-state index is 12.7. The molecule has 0 atom stereocenters. The molecule has 1 amide bonds. The predicted octanol–water partition coefficient (Wildman–Crippen LogP) is 2.58. The van der Waals surface area contributed by atoms with Gasteiger partial charge in [0.15, 0.2) is 5.96 Å². The van der Waals surface area contributed by atoms with E-state index in [0.29, 0.717) is 28.5 Å². The van der Waals surface area contributed by atoms with Crippen LogP contribution in [0.5, 0.6) is 0 Å². The van der Waals surface area contributed by atoms with Crippen molar-refractivity contribution in [1.29, 1.82) is 0 Å². The number of ether oxygens (including phenoxy) is 1. The number of nitrogens with one attached hydrogen (secondary N) is 3. The van der Waals surface area contributed by atoms with Gasteiger partial charge in [0.1, 0.15) is 0 Å². The second-order valence-electron chi connectivity index (χ2n) is 6.64. The van der Waals surface area contributed by atoms with Crippen LogP contribution in [0.3, 0.4) is 0 Å². The lowest BCUT2D eigenvalue weighted by molar-refractivity contribution is -0.131. The number of carboxylic acids is 1. The molecule has 0 aromatic heterocycles. The van der Waals surface area contributed by atoms with Crippen LogP contribution >= 0.6 is 0 Å². The van der Waals surface area contributed by atoms with Crippen molar-refractivity contribution in [2.24, 2.45) is 4.99 Å². The Kier molecular flexibility index (Phi) is 7.00. The molecule has 1 heterocycles. The van der Waals surface area contributed by atoms with E-state index in [1.165, 1.54) is 25.3 Å². The summed E-state index contributed by atoms with van der Waals surface area (Å²) in [5.41, 5.74) is 1.99. The third kappa shape index (κ3) is 5.92. The first-order valence-electron chi connectivity index (χ1n) is 9.56. The second kappa shape index (κ2) is 10.1. The third-order valence-corrected chi connectivity index (χ3v) is 4.41. The number of anilines is 2. The highest BCUT2D eigenvalue weighted by atomic mass is 16.5. The topological polar surface area (TPSA) is 129 Å². The normalized spacial score (nSPS) is 13.1. The van der Waals surface area contributed by atoms with Gasteiger partial charge in [-0.05, 0) is 48.4 Å². The van der Waals surface area contributed by atoms with E-state index >= 15 is 0 Å². The molecule has 9 nitrogen and oxygen atoms in total. The van der Waals surface area contributed by atoms with Crippen molar-refractivity contribution < 1.29 is 24.2 Å². The molecule has 1 aliphatic rings. The van der Waals surface area contributed by atoms with Crippen LogP contribution < -0.4 is 16.0 Å². The Bertz CT molecular complexity index is 1060. The Balaban J connectivity index is 1.78. The Hall–Kier alpha value is -4.14. The molecule has 2 aromatic carbocycles. The number of hydrogen-bond donors (Lipinski definition) is 4. The van der Waals surface area contributed by atoms with Crippen LogP contribution in [-0.2, 0) is 9.53 Å². The molecule has 0 unspecified atom stereocenters. The summed E-state index contributed by atoms with van der Waals surface area (Å²) in [6.07, 6.45) is 3.19. The predicted molar refractivity (Wildman–Crippen MR) is 117 cm³/mol. The highest BCUT2D eigenvalue weighted by Crippen LogP contribution is 2.20. The van der Waals surface area contributed by atoms with Gasteiger partial charge in [0.2, 0.25) is 0 Å². The summed E-state index contributed by atoms with van der Waals surface area (Å²) in [5.74, 6) is -1.49. The molecule has 160 valence electrons. The quantitative estimate of drug-likeness (QED) is 0.416. The van der Waals surface area contributed by atoms with Crippen molar-refractivity contribution in [3.63, 3.8) is 0 Å². The molecule has 31 heavy (non-hydrogen) atoms. The summed E-state index contributed by atoms with van der Waals surface area (Å²) in [5, 5.41) is 17.8. The first kappa shape index (κ1) is 21.6. The largest absolute Gasteiger partial charge is 0.478 e. The van der Waals surface area contributed by atoms with Crippen molar-refractivity contribution in [2.45, 2.75) is 6.42 Å². The third-order valence-electron chi connectivity index (χ3n) is 4.41. The van der Waals surface area contributed by atoms with Crippen molar-refractivity contribution in [1.82, 2.24) is 5.32 Å². The summed E-state index contributed by atoms with van der Waals surface area (Å²) in [4.78, 5) is 39.9. The number of carbonyl (C=O) groups is 3. The number of aliphatic imine (C=N–C) groups is 1. The lowest BCUT2D eigenvalue weighted by Crippen LogP contribution is -2.35. The molecule has 0 radical (unpaired) electrons. The molecule has 0 spiro atoms. The zero-order valence-electron chi connectivity index (χ0n) is 16.8. The van der Waals surface area contributed by atoms with Crippen molar-refractivity contribution in [3.8, 4) is 0 Å². The average Bonchev–Trinajstić information content (AvgIpc) is 2.78. The summed E-state index contributed by atoms with van der Waals surface area (Å²) >= 11 is 0. The van der Waals surface area contributed by atoms with E-state index in [2.05, 4.69) is 20.9 Å². The Labute approximate surface area is 178 Å². The molecule has 0 saturated carbocycles. The number of guanidine groups is 1. The monoisotopic (exact) mass is 422 g/mol. The van der Waals surface area contributed by atoms with E-state index in [4.69, 9.17) is 9.84 Å². The fraction of sp³-hybridized carbons (Fsp3) is 0.182. The van der Waals surface area contributed by atoms with Crippen LogP contribution in [0.2, 0.25) is 0 Å². The highest BCUT2D eigenvalue weighted by molar-refractivity contribution is 6.06. The van der Waals surface area contributed by atoms with Gasteiger partial charge in [0.05, 0.1) is 12.7 Å². The van der Waals surface area contributed by atoms with Gasteiger partial charge in [-0.15, -0.1) is 0 Å². The van der Waals surface area contributed by atoms with Gasteiger partial charge in [0, 0.05) is 36.1 Å². The maximum Gasteiger partial charge on any atom is 0.338 e. The summed E-state index contributed by atoms with van der Waals surface area (Å²) < 4.78 is 4.76. The van der Waals surface area contributed by atoms with Crippen LogP contribution in [-0.4, -0.2) is 49.1 Å². The van der Waals surface area contributed by atoms with Crippen LogP contribution in [0.25, 0.3) is 6.08 Å². The maximum absolute atomic E-state index is 12.7. The number of carboxylic acid groups (broad SMARTS) is 1. The lowest BCUT2D eigenvalue weighted by Gasteiger charge is -2.16. The number of rotatable bonds is 6. The van der Waals surface area contributed by atoms with Crippen molar-refractivity contribution in [2.75, 3.05) is 30.8 Å². The van der Waals surface area contributed by atoms with Gasteiger partial charge < -0.3 is 25.8 Å². The van der Waals surface area contributed by atoms with Gasteiger partial charge in [-0.2, -0.15) is 0 Å². The number of carbonyl (C=O) groups excluding carboxylic acids is 2. The van der Waals surface area contributed by atoms with Crippen molar-refractivity contribution >= 4 is 41.3 Å². The van der Waals surface area contributed by atoms with E-state index in [0.717, 1.165) is 25.6 Å². The number of methoxy groups -OCH3 is 1. The molecule has 0 saturated heterocycles. The number of benzene rings is 2. The summed E-state index contributed by atoms with van der Waals surface area (Å²) in [7, 11) is 1.22. The van der Waals surface area contributed by atoms with E-state index in [1.807, 2.05) is 6.07 Å². The molecule has 0 bridgehead atoms. The summed E-state index contributed by atoms with van der Waals surface area (Å²) in [6.45, 7) is 1.59. The van der Waals surface area contributed by atoms with Crippen LogP contribution in [0.4, 0.5) is 11.4 Å². The molecule has 4 N–H and O–H groups in total. The molecule has 9 heteroatoms. The van der Waals surface area contributed by atoms with Crippen LogP contribution in [0.15, 0.2) is 53.5 Å². The van der Waals surface area contributed by atoms with Crippen LogP contribution in [0, 0.1) is 0 Å². The first-order chi connectivity index (χ1) is 15.0. The molecule has 0 fully saturated rings. The van der Waals surface area contributed by atoms with Crippen LogP contribution in [0.1, 0.15) is 32.7 Å². The fourth-order valence-corrected chi connectivity index (χ4v) is 2.92. The van der Waals surface area contributed by atoms with E-state index in [9.17, 15) is 14.4 Å². The number of hydrogen-bond acceptors (Lipinski definition) is 7. The van der Waals surface area contributed by atoms with Gasteiger partial charge in [-0.1, -0.05) is 12.1 Å². The van der Waals surface area contributed by atoms with Gasteiger partial charge in [0.25, 0.3) is 5.91 Å². The zero-order chi connectivity index (χ0) is 22.2. The number of aliphatic carboxylic acids is 1. The van der Waals surface area contributed by atoms with Gasteiger partial charge in [-0.3, -0.25) is 9.79 Å². The Morgan fingerprint density at radius 3 is 2.71 bits per heavy atom.